The third kappa shape index (κ3) is 19.3. The summed E-state index contributed by atoms with van der Waals surface area (Å²) in [4.78, 5) is 107. The Balaban J connectivity index is 0.000000165. The van der Waals surface area contributed by atoms with E-state index in [0.717, 1.165) is 11.2 Å². The van der Waals surface area contributed by atoms with E-state index in [-0.39, 0.29) is 41.1 Å². The first-order valence-corrected chi connectivity index (χ1v) is 37.7. The molecule has 0 spiro atoms. The van der Waals surface area contributed by atoms with Gasteiger partial charge in [0.05, 0.1) is 128 Å². The summed E-state index contributed by atoms with van der Waals surface area (Å²) >= 11 is 29.0. The van der Waals surface area contributed by atoms with Crippen LogP contribution in [0, 0.1) is 11.6 Å². The number of hydrogen-bond acceptors (Lipinski definition) is 23. The van der Waals surface area contributed by atoms with Gasteiger partial charge in [-0.25, -0.2) is 57.9 Å². The number of aliphatic hydroxyl groups is 2. The number of anilines is 4. The third-order valence-corrected chi connectivity index (χ3v) is 20.8. The summed E-state index contributed by atoms with van der Waals surface area (Å²) in [7, 11) is 5.82. The second-order valence-electron chi connectivity index (χ2n) is 29.0. The number of carbonyl (C=O) groups is 6. The number of halogens is 7. The number of aromatic nitrogens is 13. The quantitative estimate of drug-likeness (QED) is 0.0168. The highest BCUT2D eigenvalue weighted by molar-refractivity contribution is 6.62. The van der Waals surface area contributed by atoms with Crippen molar-refractivity contribution in [3.05, 3.63) is 182 Å². The van der Waals surface area contributed by atoms with Gasteiger partial charge in [0.2, 0.25) is 29.0 Å². The van der Waals surface area contributed by atoms with Crippen LogP contribution < -0.4 is 36.2 Å². The van der Waals surface area contributed by atoms with Crippen LogP contribution in [-0.4, -0.2) is 193 Å². The Morgan fingerprint density at radius 1 is 0.578 bits per heavy atom. The van der Waals surface area contributed by atoms with Gasteiger partial charge in [-0.1, -0.05) is 46.4 Å². The van der Waals surface area contributed by atoms with E-state index in [9.17, 15) is 47.8 Å². The third-order valence-electron chi connectivity index (χ3n) is 19.4. The van der Waals surface area contributed by atoms with Crippen molar-refractivity contribution in [3.8, 4) is 34.0 Å². The van der Waals surface area contributed by atoms with Crippen LogP contribution in [0.4, 0.5) is 46.7 Å². The van der Waals surface area contributed by atoms with Gasteiger partial charge in [0.1, 0.15) is 58.5 Å². The molecule has 33 nitrogen and oxygen atoms in total. The Labute approximate surface area is 689 Å². The maximum atomic E-state index is 14.0. The second kappa shape index (κ2) is 35.3. The molecule has 2 aromatic carbocycles. The van der Waals surface area contributed by atoms with Crippen molar-refractivity contribution >= 4 is 130 Å². The summed E-state index contributed by atoms with van der Waals surface area (Å²) in [5.41, 5.74) is 4.19. The number of ether oxygens (including phenoxy) is 3. The van der Waals surface area contributed by atoms with Crippen LogP contribution in [0.3, 0.4) is 0 Å². The number of benzene rings is 2. The highest BCUT2D eigenvalue weighted by atomic mass is 35.5. The Morgan fingerprint density at radius 3 is 1.34 bits per heavy atom. The lowest BCUT2D eigenvalue weighted by Gasteiger charge is -2.32. The first-order valence-electron chi connectivity index (χ1n) is 35.8. The number of nitrogens with one attached hydrogen (secondary N) is 4. The summed E-state index contributed by atoms with van der Waals surface area (Å²) in [6.45, 7) is 18.0. The van der Waals surface area contributed by atoms with Gasteiger partial charge in [0.15, 0.2) is 5.15 Å². The minimum atomic E-state index is -0.892. The van der Waals surface area contributed by atoms with Crippen molar-refractivity contribution < 1.29 is 71.3 Å². The Kier molecular flexibility index (Phi) is 26.2. The van der Waals surface area contributed by atoms with E-state index in [1.165, 1.54) is 93.0 Å². The van der Waals surface area contributed by atoms with E-state index in [2.05, 4.69) is 61.4 Å². The molecule has 41 heteroatoms. The average Bonchev–Trinajstić information content (AvgIpc) is 1.61. The van der Waals surface area contributed by atoms with Crippen molar-refractivity contribution in [2.75, 3.05) is 38.1 Å². The summed E-state index contributed by atoms with van der Waals surface area (Å²) in [5, 5.41) is 40.6. The highest BCUT2D eigenvalue weighted by Gasteiger charge is 2.53. The van der Waals surface area contributed by atoms with Crippen LogP contribution in [0.25, 0.3) is 22.5 Å². The van der Waals surface area contributed by atoms with E-state index < -0.39 is 109 Å². The molecule has 0 unspecified atom stereocenters. The molecule has 5 amide bonds. The van der Waals surface area contributed by atoms with Gasteiger partial charge in [-0.2, -0.15) is 10.2 Å². The molecule has 1 saturated heterocycles. The monoisotopic (exact) mass is 1690 g/mol. The zero-order valence-electron chi connectivity index (χ0n) is 65.2. The largest absolute Gasteiger partial charge is 0.497 e. The molecule has 8 aromatic heterocycles. The number of carbonyl (C=O) groups excluding carboxylic acids is 6. The summed E-state index contributed by atoms with van der Waals surface area (Å²) in [6, 6.07) is 11.6. The minimum Gasteiger partial charge on any atom is -0.497 e. The van der Waals surface area contributed by atoms with Gasteiger partial charge < -0.3 is 69.7 Å². The fourth-order valence-corrected chi connectivity index (χ4v) is 13.1. The molecule has 10 aromatic rings. The molecular weight excluding hydrogens is 1620 g/mol. The van der Waals surface area contributed by atoms with Crippen molar-refractivity contribution in [1.82, 2.24) is 88.5 Å². The number of aliphatic hydroxyl groups excluding tert-OH is 2. The van der Waals surface area contributed by atoms with Gasteiger partial charge in [0.25, 0.3) is 0 Å². The molecule has 5 atom stereocenters. The molecule has 12 heterocycles. The predicted molar refractivity (Wildman–Crippen MR) is 426 cm³/mol. The second-order valence-corrected chi connectivity index (χ2v) is 30.9. The van der Waals surface area contributed by atoms with E-state index in [4.69, 9.17) is 81.5 Å². The van der Waals surface area contributed by atoms with E-state index in [0.29, 0.717) is 90.2 Å². The molecule has 0 bridgehead atoms. The molecule has 0 saturated carbocycles. The standard InChI is InChI=1S/2C26H26ClFN8O4.C19H29BN2O5.C4HCl3N2/c2*1-14(24(38)31-21(13-37)15-6-17(28)9-19(8-15)40-3)35-12-18-7-16(11-36(18)26(35)39)23-20(27)10-29-25(33-23)32-22-4-5-30-34(22)2;1-12(15(23)25-17(2,3)4)21-11-14-9-13(10-22(14)16(21)24)20-26-18(5,6)19(7,8)27-20;5-2-1-8-4(7)9-3(2)6/h2*4-11,14,21,37H,12-13H2,1-3H3,(H,31,38)(H,29,32,33);9-10,12H,11H2,1-8H3;1H/t14-,21+;14-,21-;12-;/m011./s1. The van der Waals surface area contributed by atoms with E-state index in [1.807, 2.05) is 54.5 Å². The smallest absolute Gasteiger partial charge is 0.496 e. The summed E-state index contributed by atoms with van der Waals surface area (Å²) in [6.07, 6.45) is 12.5. The molecule has 1 fully saturated rings. The number of rotatable bonds is 21. The zero-order valence-corrected chi connectivity index (χ0v) is 68.9. The predicted octanol–water partition coefficient (Wildman–Crippen LogP) is 11.2. The minimum absolute atomic E-state index is 0.101. The molecule has 612 valence electrons. The van der Waals surface area contributed by atoms with Crippen molar-refractivity contribution in [3.63, 3.8) is 0 Å². The topological polar surface area (TPSA) is 375 Å². The Morgan fingerprint density at radius 2 is 0.983 bits per heavy atom. The molecule has 0 radical (unpaired) electrons. The number of nitrogens with zero attached hydrogens (tertiary/aromatic N) is 16. The lowest BCUT2D eigenvalue weighted by atomic mass is 9.81. The molecular formula is C75H82BCl5F2N20O13. The van der Waals surface area contributed by atoms with Gasteiger partial charge >= 0.3 is 31.2 Å². The molecule has 4 aliphatic rings. The lowest BCUT2D eigenvalue weighted by molar-refractivity contribution is -0.159. The van der Waals surface area contributed by atoms with Crippen LogP contribution in [-0.2, 0) is 62.2 Å². The number of methoxy groups -OCH3 is 2. The fraction of sp³-hybridized carbons (Fsp3) is 0.360. The maximum Gasteiger partial charge on any atom is 0.496 e. The molecule has 14 rings (SSSR count). The maximum absolute atomic E-state index is 14.0. The lowest BCUT2D eigenvalue weighted by Crippen LogP contribution is -2.47. The fourth-order valence-electron chi connectivity index (χ4n) is 12.3. The van der Waals surface area contributed by atoms with E-state index in [1.54, 1.807) is 104 Å². The molecule has 0 aliphatic carbocycles. The summed E-state index contributed by atoms with van der Waals surface area (Å²) < 4.78 is 63.3. The van der Waals surface area contributed by atoms with Gasteiger partial charge in [-0.15, -0.1) is 0 Å². The number of fused-ring (bicyclic) bond motifs is 3. The van der Waals surface area contributed by atoms with Gasteiger partial charge in [0, 0.05) is 90.6 Å². The molecule has 4 aliphatic heterocycles. The van der Waals surface area contributed by atoms with Crippen LogP contribution in [0.5, 0.6) is 11.5 Å². The number of hydrogen-bond donors (Lipinski definition) is 6. The molecule has 116 heavy (non-hydrogen) atoms. The van der Waals surface area contributed by atoms with Crippen LogP contribution in [0.2, 0.25) is 25.5 Å². The van der Waals surface area contributed by atoms with Crippen LogP contribution in [0.1, 0.15) is 110 Å². The van der Waals surface area contributed by atoms with Crippen LogP contribution >= 0.6 is 58.0 Å². The van der Waals surface area contributed by atoms with Crippen LogP contribution in [0.15, 0.2) is 116 Å². The SMILES string of the molecule is COc1cc(F)cc([C@@H](CO)NC(=O)[C@@H](C)N2Cc3cc(-c4nc(Nc5ccnn5C)ncc4Cl)cn3C2=O)c1.COc1cc(F)cc([C@@H](CO)NC(=O)[C@H](C)N2Cc3cc(-c4nc(Nc5ccnn5C)ncc4Cl)cn3C2=O)c1.C[C@H](C(=O)OC(C)(C)C)N1Cc2cc(B3OC(C)(C)C(C)(C)O3)cn2C1=O.Clc1ncc(Cl)c(Cl)n1. The van der Waals surface area contributed by atoms with E-state index >= 15 is 0 Å². The first-order chi connectivity index (χ1) is 54.8. The highest BCUT2D eigenvalue weighted by Crippen LogP contribution is 2.39. The van der Waals surface area contributed by atoms with Crippen molar-refractivity contribution in [2.45, 2.75) is 136 Å². The summed E-state index contributed by atoms with van der Waals surface area (Å²) in [5.74, 6) is -0.0633. The Hall–Kier alpha value is -10.8. The van der Waals surface area contributed by atoms with Crippen molar-refractivity contribution in [1.29, 1.82) is 0 Å². The number of aryl methyl sites for hydroxylation is 2. The average molecular weight is 1700 g/mol. The molecule has 6 N–H and O–H groups in total. The van der Waals surface area contributed by atoms with Gasteiger partial charge in [-0.05, 0) is 134 Å². The normalized spacial score (nSPS) is 15.7. The number of amides is 5. The Bertz CT molecular complexity index is 5120. The zero-order chi connectivity index (χ0) is 84.3. The number of esters is 1. The van der Waals surface area contributed by atoms with Gasteiger partial charge in [-0.3, -0.25) is 32.7 Å². The van der Waals surface area contributed by atoms with Crippen molar-refractivity contribution in [2.24, 2.45) is 14.1 Å². The first kappa shape index (κ1) is 86.0.